The van der Waals surface area contributed by atoms with E-state index in [1.165, 1.54) is 4.90 Å². The number of aliphatic hydroxyl groups excluding tert-OH is 1. The van der Waals surface area contributed by atoms with Crippen LogP contribution in [0.3, 0.4) is 0 Å². The zero-order valence-electron chi connectivity index (χ0n) is 14.6. The average molecular weight is 335 g/mol. The molecule has 2 aromatic rings. The minimum absolute atomic E-state index is 0.183. The van der Waals surface area contributed by atoms with Gasteiger partial charge in [-0.25, -0.2) is 0 Å². The number of hydrogen-bond acceptors (Lipinski definition) is 3. The lowest BCUT2D eigenvalue weighted by molar-refractivity contribution is -0.118. The third kappa shape index (κ3) is 2.84. The fourth-order valence-corrected chi connectivity index (χ4v) is 3.24. The third-order valence-electron chi connectivity index (χ3n) is 4.62. The molecule has 0 radical (unpaired) electrons. The van der Waals surface area contributed by atoms with Gasteiger partial charge in [0.05, 0.1) is 11.6 Å². The topological polar surface area (TPSA) is 57.6 Å². The van der Waals surface area contributed by atoms with Gasteiger partial charge in [0.1, 0.15) is 0 Å². The minimum Gasteiger partial charge on any atom is -0.503 e. The van der Waals surface area contributed by atoms with Crippen LogP contribution in [0.2, 0.25) is 0 Å². The molecule has 0 fully saturated rings. The van der Waals surface area contributed by atoms with E-state index in [2.05, 4.69) is 0 Å². The Balaban J connectivity index is 2.21. The van der Waals surface area contributed by atoms with E-state index in [9.17, 15) is 14.7 Å². The number of carbonyl (C=O) groups excluding carboxylic acids is 2. The maximum atomic E-state index is 12.8. The van der Waals surface area contributed by atoms with Crippen molar-refractivity contribution in [3.05, 3.63) is 76.6 Å². The number of ketones is 1. The monoisotopic (exact) mass is 335 g/mol. The molecule has 1 unspecified atom stereocenters. The van der Waals surface area contributed by atoms with Gasteiger partial charge in [0.2, 0.25) is 0 Å². The average Bonchev–Trinajstić information content (AvgIpc) is 2.87. The number of hydrogen-bond donors (Lipinski definition) is 1. The molecule has 0 saturated heterocycles. The molecule has 1 aliphatic heterocycles. The van der Waals surface area contributed by atoms with Gasteiger partial charge >= 0.3 is 0 Å². The van der Waals surface area contributed by atoms with Crippen molar-refractivity contribution in [1.82, 2.24) is 0 Å². The van der Waals surface area contributed by atoms with Crippen LogP contribution >= 0.6 is 0 Å². The Bertz CT molecular complexity index is 865. The summed E-state index contributed by atoms with van der Waals surface area (Å²) in [6.07, 6.45) is 0.233. The summed E-state index contributed by atoms with van der Waals surface area (Å²) in [7, 11) is 0. The largest absolute Gasteiger partial charge is 0.503 e. The minimum atomic E-state index is -0.608. The highest BCUT2D eigenvalue weighted by atomic mass is 16.3. The summed E-state index contributed by atoms with van der Waals surface area (Å²) in [4.78, 5) is 26.8. The molecule has 1 amide bonds. The van der Waals surface area contributed by atoms with Crippen LogP contribution in [0.1, 0.15) is 36.1 Å². The van der Waals surface area contributed by atoms with Crippen LogP contribution in [0.4, 0.5) is 5.69 Å². The van der Waals surface area contributed by atoms with Crippen molar-refractivity contribution in [3.63, 3.8) is 0 Å². The summed E-state index contributed by atoms with van der Waals surface area (Å²) >= 11 is 0. The first-order chi connectivity index (χ1) is 12.0. The van der Waals surface area contributed by atoms with Crippen molar-refractivity contribution in [2.45, 2.75) is 33.2 Å². The second-order valence-electron chi connectivity index (χ2n) is 6.31. The number of aryl methyl sites for hydroxylation is 2. The number of anilines is 1. The van der Waals surface area contributed by atoms with E-state index in [0.29, 0.717) is 5.69 Å². The smallest absolute Gasteiger partial charge is 0.294 e. The molecule has 0 saturated carbocycles. The van der Waals surface area contributed by atoms with Crippen molar-refractivity contribution < 1.29 is 14.7 Å². The number of rotatable bonds is 4. The summed E-state index contributed by atoms with van der Waals surface area (Å²) in [6, 6.07) is 14.5. The van der Waals surface area contributed by atoms with E-state index in [1.807, 2.05) is 62.4 Å². The molecule has 128 valence electrons. The summed E-state index contributed by atoms with van der Waals surface area (Å²) in [5, 5.41) is 10.4. The first kappa shape index (κ1) is 17.0. The van der Waals surface area contributed by atoms with Crippen LogP contribution in [-0.4, -0.2) is 16.8 Å². The van der Waals surface area contributed by atoms with Crippen LogP contribution in [0.25, 0.3) is 0 Å². The highest BCUT2D eigenvalue weighted by molar-refractivity contribution is 6.16. The van der Waals surface area contributed by atoms with E-state index in [0.717, 1.165) is 16.7 Å². The van der Waals surface area contributed by atoms with Crippen LogP contribution < -0.4 is 4.90 Å². The summed E-state index contributed by atoms with van der Waals surface area (Å²) in [5.74, 6) is -1.19. The number of carbonyl (C=O) groups is 2. The molecule has 4 heteroatoms. The number of Topliss-reactive ketones (excluding diaryl/α,β-unsaturated/α-hetero) is 1. The lowest BCUT2D eigenvalue weighted by Crippen LogP contribution is -2.31. The lowest BCUT2D eigenvalue weighted by Gasteiger charge is -2.28. The second-order valence-corrected chi connectivity index (χ2v) is 6.31. The van der Waals surface area contributed by atoms with Gasteiger partial charge in [0.25, 0.3) is 5.91 Å². The molecule has 1 heterocycles. The molecule has 0 bridgehead atoms. The fraction of sp³-hybridized carbons (Fsp3) is 0.238. The molecule has 0 aliphatic carbocycles. The van der Waals surface area contributed by atoms with Crippen LogP contribution in [0.15, 0.2) is 59.9 Å². The zero-order valence-corrected chi connectivity index (χ0v) is 14.6. The maximum Gasteiger partial charge on any atom is 0.294 e. The summed E-state index contributed by atoms with van der Waals surface area (Å²) in [5.41, 5.74) is 3.73. The van der Waals surface area contributed by atoms with Gasteiger partial charge in [-0.1, -0.05) is 48.9 Å². The molecule has 2 aromatic carbocycles. The highest BCUT2D eigenvalue weighted by Crippen LogP contribution is 2.42. The van der Waals surface area contributed by atoms with Crippen molar-refractivity contribution in [3.8, 4) is 0 Å². The summed E-state index contributed by atoms with van der Waals surface area (Å²) < 4.78 is 0. The van der Waals surface area contributed by atoms with E-state index < -0.39 is 17.7 Å². The molecule has 1 atom stereocenters. The van der Waals surface area contributed by atoms with Gasteiger partial charge in [-0.05, 0) is 37.1 Å². The van der Waals surface area contributed by atoms with E-state index >= 15 is 0 Å². The van der Waals surface area contributed by atoms with Crippen LogP contribution in [0.5, 0.6) is 0 Å². The Morgan fingerprint density at radius 1 is 1.08 bits per heavy atom. The number of aliphatic hydroxyl groups is 1. The standard InChI is InChI=1S/C21H21NO3/c1-4-17(23)18-19(16-8-6-5-7-14(16)3)22(21(25)20(18)24)15-11-9-13(2)10-12-15/h5-12,19,24H,4H2,1-3H3. The molecule has 1 aliphatic rings. The van der Waals surface area contributed by atoms with Crippen molar-refractivity contribution in [2.75, 3.05) is 4.90 Å². The first-order valence-electron chi connectivity index (χ1n) is 8.37. The van der Waals surface area contributed by atoms with Gasteiger partial charge in [-0.3, -0.25) is 14.5 Å². The number of nitrogens with zero attached hydrogens (tertiary/aromatic N) is 1. The Morgan fingerprint density at radius 2 is 1.72 bits per heavy atom. The zero-order chi connectivity index (χ0) is 18.1. The Hall–Kier alpha value is -2.88. The predicted octanol–water partition coefficient (Wildman–Crippen LogP) is 4.18. The van der Waals surface area contributed by atoms with Gasteiger partial charge in [0.15, 0.2) is 11.5 Å². The SMILES string of the molecule is CCC(=O)C1=C(O)C(=O)N(c2ccc(C)cc2)C1c1ccccc1C. The van der Waals surface area contributed by atoms with Gasteiger partial charge in [-0.15, -0.1) is 0 Å². The number of benzene rings is 2. The molecule has 0 spiro atoms. The van der Waals surface area contributed by atoms with Crippen LogP contribution in [-0.2, 0) is 9.59 Å². The maximum absolute atomic E-state index is 12.8. The van der Waals surface area contributed by atoms with Crippen molar-refractivity contribution >= 4 is 17.4 Å². The Kier molecular flexibility index (Phi) is 4.45. The molecule has 25 heavy (non-hydrogen) atoms. The summed E-state index contributed by atoms with van der Waals surface area (Å²) in [6.45, 7) is 5.64. The van der Waals surface area contributed by atoms with Crippen LogP contribution in [0, 0.1) is 13.8 Å². The quantitative estimate of drug-likeness (QED) is 0.912. The van der Waals surface area contributed by atoms with Gasteiger partial charge in [0, 0.05) is 12.1 Å². The van der Waals surface area contributed by atoms with Gasteiger partial charge < -0.3 is 5.11 Å². The van der Waals surface area contributed by atoms with E-state index in [4.69, 9.17) is 0 Å². The Labute approximate surface area is 147 Å². The third-order valence-corrected chi connectivity index (χ3v) is 4.62. The molecule has 0 aromatic heterocycles. The van der Waals surface area contributed by atoms with Crippen molar-refractivity contribution in [2.24, 2.45) is 0 Å². The van der Waals surface area contributed by atoms with Crippen molar-refractivity contribution in [1.29, 1.82) is 0 Å². The molecular formula is C21H21NO3. The molecular weight excluding hydrogens is 314 g/mol. The van der Waals surface area contributed by atoms with E-state index in [-0.39, 0.29) is 17.8 Å². The fourth-order valence-electron chi connectivity index (χ4n) is 3.24. The molecule has 4 nitrogen and oxygen atoms in total. The first-order valence-corrected chi connectivity index (χ1v) is 8.37. The molecule has 3 rings (SSSR count). The Morgan fingerprint density at radius 3 is 2.32 bits per heavy atom. The number of amides is 1. The predicted molar refractivity (Wildman–Crippen MR) is 97.5 cm³/mol. The van der Waals surface area contributed by atoms with Gasteiger partial charge in [-0.2, -0.15) is 0 Å². The lowest BCUT2D eigenvalue weighted by atomic mass is 9.92. The molecule has 1 N–H and O–H groups in total. The normalized spacial score (nSPS) is 17.3. The second kappa shape index (κ2) is 6.55. The van der Waals surface area contributed by atoms with E-state index in [1.54, 1.807) is 6.92 Å². The highest BCUT2D eigenvalue weighted by Gasteiger charge is 2.44.